The largest absolute Gasteiger partial charge is 0.289 e. The molecule has 22 heteroatoms. The molecule has 0 saturated heterocycles. The Kier molecular flexibility index (Phi) is 7.90. The molecule has 6 rings (SSSR count). The summed E-state index contributed by atoms with van der Waals surface area (Å²) >= 11 is 11.6. The van der Waals surface area contributed by atoms with Crippen molar-refractivity contribution >= 4 is 77.0 Å². The second-order valence-corrected chi connectivity index (χ2v) is 12.5. The van der Waals surface area contributed by atoms with Gasteiger partial charge >= 0.3 is 0 Å². The maximum atomic E-state index is 12.7. The molecule has 0 amide bonds. The van der Waals surface area contributed by atoms with Gasteiger partial charge in [-0.3, -0.25) is 20.2 Å². The quantitative estimate of drug-likeness (QED) is 0.139. The highest BCUT2D eigenvalue weighted by Gasteiger charge is 2.30. The van der Waals surface area contributed by atoms with Crippen LogP contribution in [0.4, 0.5) is 11.4 Å². The molecule has 0 radical (unpaired) electrons. The lowest BCUT2D eigenvalue weighted by atomic mass is 10.3. The van der Waals surface area contributed by atoms with Crippen LogP contribution in [0.2, 0.25) is 10.3 Å². The molecule has 0 atom stereocenters. The fraction of sp³-hybridized carbons (Fsp3) is 0. The lowest BCUT2D eigenvalue weighted by molar-refractivity contribution is -0.388. The Morgan fingerprint density at radius 2 is 0.955 bits per heavy atom. The molecule has 0 bridgehead atoms. The fourth-order valence-electron chi connectivity index (χ4n) is 3.79. The Morgan fingerprint density at radius 1 is 0.591 bits per heavy atom. The third-order valence-electron chi connectivity index (χ3n) is 5.72. The van der Waals surface area contributed by atoms with Crippen LogP contribution in [0.25, 0.3) is 22.3 Å². The maximum Gasteiger partial charge on any atom is 0.289 e. The summed E-state index contributed by atoms with van der Waals surface area (Å²) in [6.07, 6.45) is 4.13. The van der Waals surface area contributed by atoms with Gasteiger partial charge in [-0.05, 0) is 12.1 Å². The predicted octanol–water partition coefficient (Wildman–Crippen LogP) is 3.25. The summed E-state index contributed by atoms with van der Waals surface area (Å²) in [5.74, 6) is 0. The zero-order valence-corrected chi connectivity index (χ0v) is 24.4. The summed E-state index contributed by atoms with van der Waals surface area (Å²) in [5.41, 5.74) is -1.01. The van der Waals surface area contributed by atoms with Crippen LogP contribution in [0.15, 0.2) is 83.6 Å². The van der Waals surface area contributed by atoms with Crippen LogP contribution >= 0.6 is 23.2 Å². The van der Waals surface area contributed by atoms with E-state index in [4.69, 9.17) is 23.2 Å². The van der Waals surface area contributed by atoms with Gasteiger partial charge in [0.25, 0.3) is 31.4 Å². The van der Waals surface area contributed by atoms with Gasteiger partial charge in [0, 0.05) is 12.1 Å². The van der Waals surface area contributed by atoms with Crippen molar-refractivity contribution in [2.24, 2.45) is 0 Å². The van der Waals surface area contributed by atoms with E-state index in [1.54, 1.807) is 0 Å². The van der Waals surface area contributed by atoms with E-state index in [0.29, 0.717) is 0 Å². The van der Waals surface area contributed by atoms with Gasteiger partial charge in [0.1, 0.15) is 36.3 Å². The van der Waals surface area contributed by atoms with Gasteiger partial charge in [0.05, 0.1) is 9.85 Å². The van der Waals surface area contributed by atoms with Crippen LogP contribution in [0.1, 0.15) is 0 Å². The summed E-state index contributed by atoms with van der Waals surface area (Å²) in [6.45, 7) is 0. The number of halogens is 2. The van der Waals surface area contributed by atoms with Crippen molar-refractivity contribution in [3.63, 3.8) is 0 Å². The molecule has 0 aliphatic carbocycles. The summed E-state index contributed by atoms with van der Waals surface area (Å²) in [7, 11) is -8.50. The van der Waals surface area contributed by atoms with Crippen LogP contribution in [-0.4, -0.2) is 64.5 Å². The standard InChI is InChI=1S/2C11H6ClN5O4S/c2*12-10-9-11(14-5-13-10)16(6-15-9)22(20,21)8-4-2-1-3-7(8)17(18)19/h2*1-6H. The van der Waals surface area contributed by atoms with Crippen molar-refractivity contribution in [1.29, 1.82) is 0 Å². The Bertz CT molecular complexity index is 2160. The van der Waals surface area contributed by atoms with Gasteiger partial charge in [0.2, 0.25) is 0 Å². The van der Waals surface area contributed by atoms with Crippen molar-refractivity contribution in [3.05, 3.63) is 104 Å². The summed E-state index contributed by atoms with van der Waals surface area (Å²) < 4.78 is 52.1. The van der Waals surface area contributed by atoms with E-state index in [-0.39, 0.29) is 32.6 Å². The number of hydrogen-bond acceptors (Lipinski definition) is 14. The highest BCUT2D eigenvalue weighted by Crippen LogP contribution is 2.29. The first-order chi connectivity index (χ1) is 20.9. The van der Waals surface area contributed by atoms with E-state index in [9.17, 15) is 37.1 Å². The van der Waals surface area contributed by atoms with Crippen molar-refractivity contribution in [2.45, 2.75) is 9.79 Å². The number of hydrogen-bond donors (Lipinski definition) is 0. The van der Waals surface area contributed by atoms with Gasteiger partial charge in [-0.2, -0.15) is 0 Å². The first-order valence-electron chi connectivity index (χ1n) is 11.5. The highest BCUT2D eigenvalue weighted by molar-refractivity contribution is 7.90. The van der Waals surface area contributed by atoms with Gasteiger partial charge < -0.3 is 0 Å². The molecule has 0 spiro atoms. The Hall–Kier alpha value is -5.18. The number of nitro benzene ring substituents is 2. The molecule has 2 aromatic carbocycles. The van der Waals surface area contributed by atoms with Crippen LogP contribution in [0.3, 0.4) is 0 Å². The van der Waals surface area contributed by atoms with Crippen LogP contribution in [0.5, 0.6) is 0 Å². The molecular formula is C22H12Cl2N10O8S2. The summed E-state index contributed by atoms with van der Waals surface area (Å²) in [5, 5.41) is 22.0. The topological polar surface area (TPSA) is 242 Å². The molecule has 4 heterocycles. The molecule has 0 aliphatic rings. The average molecular weight is 679 g/mol. The molecule has 4 aromatic heterocycles. The third-order valence-corrected chi connectivity index (χ3v) is 9.64. The fourth-order valence-corrected chi connectivity index (χ4v) is 6.95. The van der Waals surface area contributed by atoms with E-state index >= 15 is 0 Å². The molecular weight excluding hydrogens is 667 g/mol. The average Bonchev–Trinajstić information content (AvgIpc) is 3.65. The summed E-state index contributed by atoms with van der Waals surface area (Å²) in [4.78, 5) is 42.3. The Labute approximate surface area is 255 Å². The number of aromatic nitrogens is 8. The minimum atomic E-state index is -4.25. The number of fused-ring (bicyclic) bond motifs is 2. The number of benzene rings is 2. The van der Waals surface area contributed by atoms with Gasteiger partial charge in [-0.25, -0.2) is 54.7 Å². The van der Waals surface area contributed by atoms with Crippen molar-refractivity contribution in [1.82, 2.24) is 37.8 Å². The Balaban J connectivity index is 0.000000175. The number of nitro groups is 2. The number of para-hydroxylation sites is 2. The van der Waals surface area contributed by atoms with E-state index in [2.05, 4.69) is 29.9 Å². The van der Waals surface area contributed by atoms with E-state index in [1.165, 1.54) is 24.3 Å². The number of rotatable bonds is 6. The number of imidazole rings is 2. The minimum Gasteiger partial charge on any atom is -0.258 e. The molecule has 224 valence electrons. The molecule has 6 aromatic rings. The Morgan fingerprint density at radius 3 is 1.32 bits per heavy atom. The van der Waals surface area contributed by atoms with Crippen molar-refractivity contribution in [3.8, 4) is 0 Å². The van der Waals surface area contributed by atoms with Gasteiger partial charge in [-0.15, -0.1) is 0 Å². The molecule has 0 aliphatic heterocycles. The van der Waals surface area contributed by atoms with Crippen LogP contribution in [0, 0.1) is 20.2 Å². The number of nitrogens with zero attached hydrogens (tertiary/aromatic N) is 10. The highest BCUT2D eigenvalue weighted by atomic mass is 35.5. The second kappa shape index (κ2) is 11.5. The molecule has 0 unspecified atom stereocenters. The van der Waals surface area contributed by atoms with Crippen LogP contribution < -0.4 is 0 Å². The van der Waals surface area contributed by atoms with E-state index < -0.39 is 51.1 Å². The van der Waals surface area contributed by atoms with E-state index in [0.717, 1.165) is 57.5 Å². The lowest BCUT2D eigenvalue weighted by Crippen LogP contribution is -2.14. The van der Waals surface area contributed by atoms with Crippen molar-refractivity contribution in [2.75, 3.05) is 0 Å². The molecule has 44 heavy (non-hydrogen) atoms. The molecule has 0 fully saturated rings. The SMILES string of the molecule is O=[N+]([O-])c1ccccc1S(=O)(=O)n1cnc2c(Cl)ncnc21.O=[N+]([O-])c1ccccc1S(=O)(=O)n1cnc2c(Cl)ncnc21. The first kappa shape index (κ1) is 30.3. The molecule has 18 nitrogen and oxygen atoms in total. The zero-order chi connectivity index (χ0) is 31.8. The van der Waals surface area contributed by atoms with Gasteiger partial charge in [-0.1, -0.05) is 47.5 Å². The molecule has 0 saturated carbocycles. The van der Waals surface area contributed by atoms with E-state index in [1.807, 2.05) is 0 Å². The van der Waals surface area contributed by atoms with Crippen molar-refractivity contribution < 1.29 is 26.7 Å². The normalized spacial score (nSPS) is 11.7. The molecule has 0 N–H and O–H groups in total. The zero-order valence-electron chi connectivity index (χ0n) is 21.2. The first-order valence-corrected chi connectivity index (χ1v) is 15.1. The maximum absolute atomic E-state index is 12.7. The second-order valence-electron chi connectivity index (χ2n) is 8.21. The summed E-state index contributed by atoms with van der Waals surface area (Å²) in [6, 6.07) is 10.0. The predicted molar refractivity (Wildman–Crippen MR) is 152 cm³/mol. The lowest BCUT2D eigenvalue weighted by Gasteiger charge is -2.06. The third kappa shape index (κ3) is 5.25. The smallest absolute Gasteiger partial charge is 0.258 e. The van der Waals surface area contributed by atoms with Crippen LogP contribution in [-0.2, 0) is 20.0 Å². The monoisotopic (exact) mass is 678 g/mol. The minimum absolute atomic E-state index is 0.0125. The van der Waals surface area contributed by atoms with Gasteiger partial charge in [0.15, 0.2) is 31.4 Å².